The maximum atomic E-state index is 12.8. The number of rotatable bonds is 1. The summed E-state index contributed by atoms with van der Waals surface area (Å²) in [5.74, 6) is 0.211. The summed E-state index contributed by atoms with van der Waals surface area (Å²) < 4.78 is 0. The number of amides is 1. The zero-order valence-corrected chi connectivity index (χ0v) is 13.2. The van der Waals surface area contributed by atoms with E-state index in [0.717, 1.165) is 38.2 Å². The van der Waals surface area contributed by atoms with Crippen molar-refractivity contribution in [2.45, 2.75) is 39.5 Å². The molecule has 2 saturated heterocycles. The predicted octanol–water partition coefficient (Wildman–Crippen LogP) is 2.91. The zero-order chi connectivity index (χ0) is 14.9. The largest absolute Gasteiger partial charge is 0.338 e. The van der Waals surface area contributed by atoms with Crippen molar-refractivity contribution in [2.75, 3.05) is 26.2 Å². The standard InChI is InChI=1S/C18H26N2O/c1-14-5-6-16(11-15(14)2)17(21)20-10-4-8-18(13-20)7-3-9-19-12-18/h5-6,11,19H,3-4,7-10,12-13H2,1-2H3. The highest BCUT2D eigenvalue weighted by Gasteiger charge is 2.38. The Morgan fingerprint density at radius 1 is 1.19 bits per heavy atom. The van der Waals surface area contributed by atoms with Gasteiger partial charge in [-0.15, -0.1) is 0 Å². The smallest absolute Gasteiger partial charge is 0.253 e. The lowest BCUT2D eigenvalue weighted by Crippen LogP contribution is -2.52. The average Bonchev–Trinajstić information content (AvgIpc) is 2.50. The number of piperidine rings is 2. The second kappa shape index (κ2) is 5.80. The Labute approximate surface area is 127 Å². The highest BCUT2D eigenvalue weighted by Crippen LogP contribution is 2.36. The summed E-state index contributed by atoms with van der Waals surface area (Å²) >= 11 is 0. The van der Waals surface area contributed by atoms with Gasteiger partial charge in [-0.2, -0.15) is 0 Å². The molecule has 3 nitrogen and oxygen atoms in total. The number of hydrogen-bond acceptors (Lipinski definition) is 2. The summed E-state index contributed by atoms with van der Waals surface area (Å²) in [6.07, 6.45) is 4.90. The first kappa shape index (κ1) is 14.6. The number of hydrogen-bond donors (Lipinski definition) is 1. The van der Waals surface area contributed by atoms with Crippen LogP contribution < -0.4 is 5.32 Å². The Morgan fingerprint density at radius 2 is 2.00 bits per heavy atom. The molecule has 0 aliphatic carbocycles. The Bertz CT molecular complexity index is 527. The van der Waals surface area contributed by atoms with E-state index < -0.39 is 0 Å². The highest BCUT2D eigenvalue weighted by atomic mass is 16.2. The average molecular weight is 286 g/mol. The van der Waals surface area contributed by atoms with Crippen LogP contribution in [0.15, 0.2) is 18.2 Å². The van der Waals surface area contributed by atoms with Crippen molar-refractivity contribution < 1.29 is 4.79 Å². The highest BCUT2D eigenvalue weighted by molar-refractivity contribution is 5.94. The molecule has 0 bridgehead atoms. The Morgan fingerprint density at radius 3 is 2.71 bits per heavy atom. The number of nitrogens with zero attached hydrogens (tertiary/aromatic N) is 1. The molecule has 2 fully saturated rings. The number of nitrogens with one attached hydrogen (secondary N) is 1. The second-order valence-electron chi connectivity index (χ2n) is 6.91. The first-order valence-electron chi connectivity index (χ1n) is 8.17. The van der Waals surface area contributed by atoms with Gasteiger partial charge in [-0.05, 0) is 69.3 Å². The van der Waals surface area contributed by atoms with Crippen LogP contribution in [0.4, 0.5) is 0 Å². The predicted molar refractivity (Wildman–Crippen MR) is 85.6 cm³/mol. The molecule has 3 heteroatoms. The van der Waals surface area contributed by atoms with Crippen molar-refractivity contribution in [3.63, 3.8) is 0 Å². The van der Waals surface area contributed by atoms with E-state index in [2.05, 4.69) is 30.1 Å². The third-order valence-corrected chi connectivity index (χ3v) is 5.26. The van der Waals surface area contributed by atoms with Crippen LogP contribution in [0.25, 0.3) is 0 Å². The van der Waals surface area contributed by atoms with Gasteiger partial charge in [0, 0.05) is 30.6 Å². The van der Waals surface area contributed by atoms with Crippen molar-refractivity contribution in [2.24, 2.45) is 5.41 Å². The fourth-order valence-corrected chi connectivity index (χ4v) is 3.82. The van der Waals surface area contributed by atoms with E-state index in [1.165, 1.54) is 30.4 Å². The minimum absolute atomic E-state index is 0.211. The van der Waals surface area contributed by atoms with Gasteiger partial charge in [-0.3, -0.25) is 4.79 Å². The molecular formula is C18H26N2O. The molecule has 1 aromatic rings. The van der Waals surface area contributed by atoms with E-state index in [9.17, 15) is 4.79 Å². The quantitative estimate of drug-likeness (QED) is 0.861. The molecule has 0 aromatic heterocycles. The van der Waals surface area contributed by atoms with Crippen molar-refractivity contribution in [1.82, 2.24) is 10.2 Å². The minimum Gasteiger partial charge on any atom is -0.338 e. The fraction of sp³-hybridized carbons (Fsp3) is 0.611. The van der Waals surface area contributed by atoms with Gasteiger partial charge in [0.1, 0.15) is 0 Å². The number of likely N-dealkylation sites (tertiary alicyclic amines) is 1. The van der Waals surface area contributed by atoms with E-state index >= 15 is 0 Å². The summed E-state index contributed by atoms with van der Waals surface area (Å²) in [5, 5.41) is 3.52. The van der Waals surface area contributed by atoms with Gasteiger partial charge in [0.15, 0.2) is 0 Å². The number of aryl methyl sites for hydroxylation is 2. The maximum absolute atomic E-state index is 12.8. The van der Waals surface area contributed by atoms with Gasteiger partial charge in [-0.1, -0.05) is 6.07 Å². The number of benzene rings is 1. The molecule has 1 amide bonds. The molecular weight excluding hydrogens is 260 g/mol. The second-order valence-corrected chi connectivity index (χ2v) is 6.91. The Balaban J connectivity index is 1.76. The molecule has 3 rings (SSSR count). The van der Waals surface area contributed by atoms with E-state index in [1.807, 2.05) is 12.1 Å². The Kier molecular flexibility index (Phi) is 4.03. The molecule has 0 radical (unpaired) electrons. The topological polar surface area (TPSA) is 32.3 Å². The summed E-state index contributed by atoms with van der Waals surface area (Å²) in [6, 6.07) is 6.08. The SMILES string of the molecule is Cc1ccc(C(=O)N2CCCC3(CCCNC3)C2)cc1C. The normalized spacial score (nSPS) is 26.1. The summed E-state index contributed by atoms with van der Waals surface area (Å²) in [7, 11) is 0. The molecule has 2 aliphatic rings. The molecule has 1 atom stereocenters. The number of carbonyl (C=O) groups excluding carboxylic acids is 1. The van der Waals surface area contributed by atoms with Crippen LogP contribution in [-0.2, 0) is 0 Å². The third-order valence-electron chi connectivity index (χ3n) is 5.26. The van der Waals surface area contributed by atoms with Gasteiger partial charge >= 0.3 is 0 Å². The van der Waals surface area contributed by atoms with Crippen LogP contribution in [0, 0.1) is 19.3 Å². The first-order valence-corrected chi connectivity index (χ1v) is 8.17. The molecule has 1 unspecified atom stereocenters. The zero-order valence-electron chi connectivity index (χ0n) is 13.2. The van der Waals surface area contributed by atoms with E-state index in [-0.39, 0.29) is 5.91 Å². The molecule has 2 aliphatic heterocycles. The molecule has 114 valence electrons. The molecule has 2 heterocycles. The van der Waals surface area contributed by atoms with Gasteiger partial charge in [0.25, 0.3) is 5.91 Å². The summed E-state index contributed by atoms with van der Waals surface area (Å²) in [5.41, 5.74) is 3.62. The van der Waals surface area contributed by atoms with E-state index in [1.54, 1.807) is 0 Å². The van der Waals surface area contributed by atoms with Crippen LogP contribution >= 0.6 is 0 Å². The third kappa shape index (κ3) is 2.98. The van der Waals surface area contributed by atoms with Gasteiger partial charge in [-0.25, -0.2) is 0 Å². The summed E-state index contributed by atoms with van der Waals surface area (Å²) in [4.78, 5) is 14.9. The molecule has 1 aromatic carbocycles. The first-order chi connectivity index (χ1) is 10.1. The van der Waals surface area contributed by atoms with Crippen LogP contribution in [0.3, 0.4) is 0 Å². The van der Waals surface area contributed by atoms with Crippen LogP contribution in [0.1, 0.15) is 47.2 Å². The number of carbonyl (C=O) groups is 1. The lowest BCUT2D eigenvalue weighted by atomic mass is 9.74. The fourth-order valence-electron chi connectivity index (χ4n) is 3.82. The van der Waals surface area contributed by atoms with Crippen LogP contribution in [0.2, 0.25) is 0 Å². The van der Waals surface area contributed by atoms with Gasteiger partial charge in [0.2, 0.25) is 0 Å². The van der Waals surface area contributed by atoms with E-state index in [0.29, 0.717) is 5.41 Å². The minimum atomic E-state index is 0.211. The lowest BCUT2D eigenvalue weighted by Gasteiger charge is -2.45. The van der Waals surface area contributed by atoms with Crippen LogP contribution in [0.5, 0.6) is 0 Å². The van der Waals surface area contributed by atoms with E-state index in [4.69, 9.17) is 0 Å². The molecule has 1 spiro atoms. The Hall–Kier alpha value is -1.35. The van der Waals surface area contributed by atoms with Gasteiger partial charge in [0.05, 0.1) is 0 Å². The maximum Gasteiger partial charge on any atom is 0.253 e. The molecule has 0 saturated carbocycles. The molecule has 1 N–H and O–H groups in total. The lowest BCUT2D eigenvalue weighted by molar-refractivity contribution is 0.0434. The summed E-state index contributed by atoms with van der Waals surface area (Å²) in [6.45, 7) is 8.21. The van der Waals surface area contributed by atoms with Gasteiger partial charge < -0.3 is 10.2 Å². The molecule has 21 heavy (non-hydrogen) atoms. The van der Waals surface area contributed by atoms with Crippen molar-refractivity contribution >= 4 is 5.91 Å². The van der Waals surface area contributed by atoms with Crippen molar-refractivity contribution in [3.05, 3.63) is 34.9 Å². The van der Waals surface area contributed by atoms with Crippen LogP contribution in [-0.4, -0.2) is 37.0 Å². The van der Waals surface area contributed by atoms with Crippen molar-refractivity contribution in [1.29, 1.82) is 0 Å². The monoisotopic (exact) mass is 286 g/mol. The van der Waals surface area contributed by atoms with Crippen molar-refractivity contribution in [3.8, 4) is 0 Å².